The van der Waals surface area contributed by atoms with Crippen LogP contribution < -0.4 is 16.0 Å². The minimum Gasteiger partial charge on any atom is -0.399 e. The summed E-state index contributed by atoms with van der Waals surface area (Å²) in [6.07, 6.45) is 0. The van der Waals surface area contributed by atoms with Crippen molar-refractivity contribution in [2.45, 2.75) is 0 Å². The Labute approximate surface area is 126 Å². The molecule has 1 aliphatic heterocycles. The predicted octanol–water partition coefficient (Wildman–Crippen LogP) is 3.67. The van der Waals surface area contributed by atoms with Gasteiger partial charge >= 0.3 is 0 Å². The molecule has 0 saturated heterocycles. The van der Waals surface area contributed by atoms with Crippen LogP contribution in [0.4, 0.5) is 22.7 Å². The van der Waals surface area contributed by atoms with E-state index >= 15 is 0 Å². The molecule has 3 rings (SSSR count). The molecule has 2 aromatic rings. The number of anilines is 4. The number of nitrogens with two attached hydrogens (primary N) is 1. The lowest BCUT2D eigenvalue weighted by Crippen LogP contribution is -2.35. The number of para-hydroxylation sites is 2. The third kappa shape index (κ3) is 2.17. The van der Waals surface area contributed by atoms with Gasteiger partial charge in [-0.2, -0.15) is 0 Å². The summed E-state index contributed by atoms with van der Waals surface area (Å²) < 4.78 is 0. The van der Waals surface area contributed by atoms with Crippen molar-refractivity contribution in [1.82, 2.24) is 0 Å². The van der Waals surface area contributed by atoms with Crippen LogP contribution in [0.15, 0.2) is 36.4 Å². The van der Waals surface area contributed by atoms with E-state index in [2.05, 4.69) is 5.32 Å². The first-order valence-corrected chi connectivity index (χ1v) is 6.73. The molecule has 0 bridgehead atoms. The topological polar surface area (TPSA) is 58.4 Å². The van der Waals surface area contributed by atoms with Crippen LogP contribution in [-0.2, 0) is 4.79 Å². The highest BCUT2D eigenvalue weighted by molar-refractivity contribution is 6.40. The van der Waals surface area contributed by atoms with Gasteiger partial charge in [-0.05, 0) is 24.3 Å². The van der Waals surface area contributed by atoms with Gasteiger partial charge < -0.3 is 16.0 Å². The fourth-order valence-electron chi connectivity index (χ4n) is 2.28. The summed E-state index contributed by atoms with van der Waals surface area (Å²) in [5.74, 6) is -0.118. The van der Waals surface area contributed by atoms with Gasteiger partial charge in [0.1, 0.15) is 6.54 Å². The zero-order chi connectivity index (χ0) is 14.3. The van der Waals surface area contributed by atoms with Crippen LogP contribution in [-0.4, -0.2) is 12.5 Å². The summed E-state index contributed by atoms with van der Waals surface area (Å²) in [7, 11) is 0. The molecule has 0 atom stereocenters. The van der Waals surface area contributed by atoms with E-state index in [1.165, 1.54) is 0 Å². The summed E-state index contributed by atoms with van der Waals surface area (Å²) in [5, 5.41) is 3.65. The summed E-state index contributed by atoms with van der Waals surface area (Å²) in [5.41, 5.74) is 8.36. The van der Waals surface area contributed by atoms with E-state index in [1.807, 2.05) is 24.3 Å². The van der Waals surface area contributed by atoms with Gasteiger partial charge in [-0.25, -0.2) is 0 Å². The van der Waals surface area contributed by atoms with Crippen molar-refractivity contribution < 1.29 is 4.79 Å². The van der Waals surface area contributed by atoms with E-state index in [0.29, 0.717) is 21.4 Å². The van der Waals surface area contributed by atoms with Crippen molar-refractivity contribution in [1.29, 1.82) is 0 Å². The standard InChI is InChI=1S/C14H11Cl2N3O/c15-9-5-8(17)6-10(16)14(9)19-7-13(20)18-11-3-1-2-4-12(11)19/h1-6H,7,17H2,(H,18,20). The molecule has 0 aromatic heterocycles. The number of carbonyl (C=O) groups is 1. The molecule has 4 nitrogen and oxygen atoms in total. The summed E-state index contributed by atoms with van der Waals surface area (Å²) in [4.78, 5) is 13.6. The Kier molecular flexibility index (Phi) is 3.20. The van der Waals surface area contributed by atoms with E-state index in [9.17, 15) is 4.79 Å². The lowest BCUT2D eigenvalue weighted by Gasteiger charge is -2.32. The first kappa shape index (κ1) is 13.1. The normalized spacial score (nSPS) is 13.9. The monoisotopic (exact) mass is 307 g/mol. The number of hydrogen-bond acceptors (Lipinski definition) is 3. The Hall–Kier alpha value is -1.91. The molecule has 0 saturated carbocycles. The maximum atomic E-state index is 11.8. The molecule has 0 fully saturated rings. The van der Waals surface area contributed by atoms with E-state index < -0.39 is 0 Å². The van der Waals surface area contributed by atoms with Crippen LogP contribution in [0.5, 0.6) is 0 Å². The molecule has 1 aliphatic rings. The highest BCUT2D eigenvalue weighted by atomic mass is 35.5. The van der Waals surface area contributed by atoms with Crippen molar-refractivity contribution in [2.75, 3.05) is 22.5 Å². The van der Waals surface area contributed by atoms with Crippen molar-refractivity contribution in [3.05, 3.63) is 46.4 Å². The highest BCUT2D eigenvalue weighted by Crippen LogP contribution is 2.43. The van der Waals surface area contributed by atoms with E-state index in [1.54, 1.807) is 17.0 Å². The first-order chi connectivity index (χ1) is 9.56. The number of carbonyl (C=O) groups excluding carboxylic acids is 1. The molecule has 6 heteroatoms. The average Bonchev–Trinajstić information content (AvgIpc) is 2.37. The van der Waals surface area contributed by atoms with Crippen LogP contribution in [0.2, 0.25) is 10.0 Å². The molecule has 0 radical (unpaired) electrons. The average molecular weight is 308 g/mol. The third-order valence-corrected chi connectivity index (χ3v) is 3.66. The quantitative estimate of drug-likeness (QED) is 0.790. The second kappa shape index (κ2) is 4.89. The molecular formula is C14H11Cl2N3O. The van der Waals surface area contributed by atoms with Crippen molar-refractivity contribution >= 4 is 51.9 Å². The number of nitrogens with zero attached hydrogens (tertiary/aromatic N) is 1. The summed E-state index contributed by atoms with van der Waals surface area (Å²) in [6, 6.07) is 10.7. The van der Waals surface area contributed by atoms with Crippen LogP contribution in [0, 0.1) is 0 Å². The van der Waals surface area contributed by atoms with Crippen LogP contribution in [0.1, 0.15) is 0 Å². The van der Waals surface area contributed by atoms with Gasteiger partial charge in [-0.1, -0.05) is 35.3 Å². The molecule has 1 heterocycles. The second-order valence-electron chi connectivity index (χ2n) is 4.48. The number of nitrogen functional groups attached to an aromatic ring is 1. The molecule has 0 spiro atoms. The van der Waals surface area contributed by atoms with E-state index in [4.69, 9.17) is 28.9 Å². The SMILES string of the molecule is Nc1cc(Cl)c(N2CC(=O)Nc3ccccc32)c(Cl)c1. The maximum Gasteiger partial charge on any atom is 0.244 e. The number of amides is 1. The Balaban J connectivity index is 2.18. The molecule has 1 amide bonds. The highest BCUT2D eigenvalue weighted by Gasteiger charge is 2.26. The predicted molar refractivity (Wildman–Crippen MR) is 83.0 cm³/mol. The first-order valence-electron chi connectivity index (χ1n) is 5.97. The molecule has 0 aliphatic carbocycles. The van der Waals surface area contributed by atoms with E-state index in [-0.39, 0.29) is 12.5 Å². The number of hydrogen-bond donors (Lipinski definition) is 2. The van der Waals surface area contributed by atoms with Crippen LogP contribution in [0.3, 0.4) is 0 Å². The number of rotatable bonds is 1. The van der Waals surface area contributed by atoms with Gasteiger partial charge in [0, 0.05) is 5.69 Å². The Bertz CT molecular complexity index is 680. The Morgan fingerprint density at radius 2 is 1.80 bits per heavy atom. The Morgan fingerprint density at radius 1 is 1.15 bits per heavy atom. The third-order valence-electron chi connectivity index (χ3n) is 3.08. The van der Waals surface area contributed by atoms with Crippen LogP contribution >= 0.6 is 23.2 Å². The van der Waals surface area contributed by atoms with Crippen molar-refractivity contribution in [3.8, 4) is 0 Å². The van der Waals surface area contributed by atoms with Crippen molar-refractivity contribution in [3.63, 3.8) is 0 Å². The fourth-order valence-corrected chi connectivity index (χ4v) is 2.98. The smallest absolute Gasteiger partial charge is 0.244 e. The van der Waals surface area contributed by atoms with E-state index in [0.717, 1.165) is 11.4 Å². The van der Waals surface area contributed by atoms with Crippen LogP contribution in [0.25, 0.3) is 0 Å². The lowest BCUT2D eigenvalue weighted by atomic mass is 10.1. The number of fused-ring (bicyclic) bond motifs is 1. The second-order valence-corrected chi connectivity index (χ2v) is 5.30. The van der Waals surface area contributed by atoms with Gasteiger partial charge in [0.05, 0.1) is 27.1 Å². The zero-order valence-corrected chi connectivity index (χ0v) is 11.9. The van der Waals surface area contributed by atoms with Crippen molar-refractivity contribution in [2.24, 2.45) is 0 Å². The summed E-state index contributed by atoms with van der Waals surface area (Å²) in [6.45, 7) is 0.153. The summed E-state index contributed by atoms with van der Waals surface area (Å²) >= 11 is 12.5. The minimum atomic E-state index is -0.118. The largest absolute Gasteiger partial charge is 0.399 e. The molecule has 20 heavy (non-hydrogen) atoms. The number of nitrogens with one attached hydrogen (secondary N) is 1. The lowest BCUT2D eigenvalue weighted by molar-refractivity contribution is -0.115. The fraction of sp³-hybridized carbons (Fsp3) is 0.0714. The van der Waals surface area contributed by atoms with Gasteiger partial charge in [-0.3, -0.25) is 4.79 Å². The number of halogens is 2. The Morgan fingerprint density at radius 3 is 2.50 bits per heavy atom. The maximum absolute atomic E-state index is 11.8. The molecule has 102 valence electrons. The number of benzene rings is 2. The molecular weight excluding hydrogens is 297 g/mol. The van der Waals surface area contributed by atoms with Gasteiger partial charge in [-0.15, -0.1) is 0 Å². The molecule has 3 N–H and O–H groups in total. The molecule has 2 aromatic carbocycles. The minimum absolute atomic E-state index is 0.118. The van der Waals surface area contributed by atoms with Gasteiger partial charge in [0.15, 0.2) is 0 Å². The van der Waals surface area contributed by atoms with Gasteiger partial charge in [0.2, 0.25) is 5.91 Å². The van der Waals surface area contributed by atoms with Gasteiger partial charge in [0.25, 0.3) is 0 Å². The zero-order valence-electron chi connectivity index (χ0n) is 10.4. The molecule has 0 unspecified atom stereocenters.